The molecule has 9 nitrogen and oxygen atoms in total. The van der Waals surface area contributed by atoms with E-state index < -0.39 is 17.6 Å². The van der Waals surface area contributed by atoms with Gasteiger partial charge in [0.2, 0.25) is 18.5 Å². The van der Waals surface area contributed by atoms with Crippen molar-refractivity contribution in [2.24, 2.45) is 5.73 Å². The number of nitrogens with zero attached hydrogens (tertiary/aromatic N) is 1. The van der Waals surface area contributed by atoms with E-state index in [4.69, 9.17) is 24.7 Å². The molecule has 3 aromatic carbocycles. The Morgan fingerprint density at radius 3 is 2.33 bits per heavy atom. The molecule has 1 amide bonds. The molecular weight excluding hydrogens is 536 g/mol. The topological polar surface area (TPSA) is 119 Å². The molecule has 2 N–H and O–H groups in total. The summed E-state index contributed by atoms with van der Waals surface area (Å²) in [6.07, 6.45) is 0.496. The summed E-state index contributed by atoms with van der Waals surface area (Å²) in [7, 11) is 0. The molecule has 2 heterocycles. The van der Waals surface area contributed by atoms with E-state index in [1.807, 2.05) is 24.3 Å². The summed E-state index contributed by atoms with van der Waals surface area (Å²) in [5.41, 5.74) is 8.07. The lowest BCUT2D eigenvalue weighted by Crippen LogP contribution is -2.30. The molecule has 0 unspecified atom stereocenters. The van der Waals surface area contributed by atoms with Crippen LogP contribution in [0.3, 0.4) is 0 Å². The molecule has 0 bridgehead atoms. The van der Waals surface area contributed by atoms with Crippen LogP contribution in [0.1, 0.15) is 64.0 Å². The Labute approximate surface area is 243 Å². The minimum Gasteiger partial charge on any atom is -0.489 e. The Balaban J connectivity index is 1.33. The average Bonchev–Trinajstić information content (AvgIpc) is 3.61. The molecule has 0 aliphatic carbocycles. The summed E-state index contributed by atoms with van der Waals surface area (Å²) in [6.45, 7) is 5.77. The molecule has 0 saturated carbocycles. The van der Waals surface area contributed by atoms with Crippen molar-refractivity contribution in [1.82, 2.24) is 4.57 Å². The fraction of sp³-hybridized carbons (Fsp3) is 0.242. The summed E-state index contributed by atoms with van der Waals surface area (Å²) >= 11 is 0. The van der Waals surface area contributed by atoms with Crippen molar-refractivity contribution in [3.8, 4) is 17.2 Å². The van der Waals surface area contributed by atoms with Crippen LogP contribution in [0.2, 0.25) is 0 Å². The van der Waals surface area contributed by atoms with Crippen LogP contribution in [0.15, 0.2) is 78.9 Å². The van der Waals surface area contributed by atoms with Gasteiger partial charge >= 0.3 is 6.09 Å². The van der Waals surface area contributed by atoms with E-state index in [2.05, 4.69) is 0 Å². The minimum absolute atomic E-state index is 0.198. The molecule has 4 aromatic rings. The first kappa shape index (κ1) is 28.5. The van der Waals surface area contributed by atoms with E-state index >= 15 is 0 Å². The van der Waals surface area contributed by atoms with Crippen molar-refractivity contribution < 1.29 is 33.3 Å². The predicted molar refractivity (Wildman–Crippen MR) is 155 cm³/mol. The van der Waals surface area contributed by atoms with E-state index in [1.54, 1.807) is 75.4 Å². The van der Waals surface area contributed by atoms with Gasteiger partial charge in [-0.1, -0.05) is 18.2 Å². The maximum atomic E-state index is 13.6. The summed E-state index contributed by atoms with van der Waals surface area (Å²) in [5.74, 6) is 1.11. The Kier molecular flexibility index (Phi) is 8.01. The third kappa shape index (κ3) is 6.63. The number of fused-ring (bicyclic) bond motifs is 1. The highest BCUT2D eigenvalue weighted by atomic mass is 16.7. The summed E-state index contributed by atoms with van der Waals surface area (Å²) in [5, 5.41) is 0. The van der Waals surface area contributed by atoms with Crippen LogP contribution in [0, 0.1) is 0 Å². The van der Waals surface area contributed by atoms with Gasteiger partial charge in [0.15, 0.2) is 11.5 Å². The third-order valence-electron chi connectivity index (χ3n) is 6.61. The lowest BCUT2D eigenvalue weighted by atomic mass is 10.1. The summed E-state index contributed by atoms with van der Waals surface area (Å²) in [6, 6.07) is 22.7. The van der Waals surface area contributed by atoms with Gasteiger partial charge in [0.1, 0.15) is 23.7 Å². The first-order chi connectivity index (χ1) is 20.1. The van der Waals surface area contributed by atoms with Gasteiger partial charge in [-0.25, -0.2) is 9.36 Å². The zero-order chi connectivity index (χ0) is 29.9. The Morgan fingerprint density at radius 2 is 1.60 bits per heavy atom. The fourth-order valence-electron chi connectivity index (χ4n) is 4.57. The van der Waals surface area contributed by atoms with Crippen molar-refractivity contribution in [2.75, 3.05) is 6.79 Å². The largest absolute Gasteiger partial charge is 0.489 e. The van der Waals surface area contributed by atoms with Gasteiger partial charge in [0.05, 0.1) is 0 Å². The molecule has 0 spiro atoms. The molecule has 0 atom stereocenters. The van der Waals surface area contributed by atoms with Gasteiger partial charge in [-0.15, -0.1) is 0 Å². The smallest absolute Gasteiger partial charge is 0.419 e. The number of ether oxygens (including phenoxy) is 4. The molecule has 216 valence electrons. The second kappa shape index (κ2) is 11.8. The van der Waals surface area contributed by atoms with Gasteiger partial charge in [-0.05, 0) is 105 Å². The number of amides is 1. The van der Waals surface area contributed by atoms with Crippen molar-refractivity contribution in [1.29, 1.82) is 0 Å². The van der Waals surface area contributed by atoms with Crippen LogP contribution in [-0.2, 0) is 24.2 Å². The van der Waals surface area contributed by atoms with Crippen LogP contribution in [0.5, 0.6) is 17.2 Å². The number of primary amides is 1. The maximum Gasteiger partial charge on any atom is 0.419 e. The normalized spacial score (nSPS) is 12.2. The quantitative estimate of drug-likeness (QED) is 0.258. The van der Waals surface area contributed by atoms with E-state index in [0.717, 1.165) is 11.1 Å². The van der Waals surface area contributed by atoms with Gasteiger partial charge in [-0.2, -0.15) is 0 Å². The molecule has 42 heavy (non-hydrogen) atoms. The van der Waals surface area contributed by atoms with E-state index in [1.165, 1.54) is 4.57 Å². The predicted octanol–water partition coefficient (Wildman–Crippen LogP) is 5.69. The highest BCUT2D eigenvalue weighted by Crippen LogP contribution is 2.33. The number of aryl methyl sites for hydroxylation is 2. The first-order valence-corrected chi connectivity index (χ1v) is 13.6. The number of hydrogen-bond acceptors (Lipinski definition) is 7. The summed E-state index contributed by atoms with van der Waals surface area (Å²) < 4.78 is 23.7. The second-order valence-electron chi connectivity index (χ2n) is 10.9. The zero-order valence-electron chi connectivity index (χ0n) is 23.7. The molecular formula is C33H32N2O7. The lowest BCUT2D eigenvalue weighted by Gasteiger charge is -2.21. The van der Waals surface area contributed by atoms with Crippen LogP contribution in [-0.4, -0.2) is 34.7 Å². The van der Waals surface area contributed by atoms with E-state index in [0.29, 0.717) is 46.9 Å². The molecule has 1 aliphatic rings. The monoisotopic (exact) mass is 568 g/mol. The minimum atomic E-state index is -0.744. The van der Waals surface area contributed by atoms with Crippen molar-refractivity contribution >= 4 is 17.8 Å². The number of hydrogen-bond donors (Lipinski definition) is 1. The molecule has 0 fully saturated rings. The van der Waals surface area contributed by atoms with Crippen molar-refractivity contribution in [2.45, 2.75) is 45.8 Å². The molecule has 5 rings (SSSR count). The molecule has 0 radical (unpaired) electrons. The molecule has 0 saturated heterocycles. The Bertz CT molecular complexity index is 1630. The maximum absolute atomic E-state index is 13.6. The van der Waals surface area contributed by atoms with Crippen LogP contribution >= 0.6 is 0 Å². The fourth-order valence-corrected chi connectivity index (χ4v) is 4.57. The van der Waals surface area contributed by atoms with Gasteiger partial charge < -0.3 is 24.7 Å². The second-order valence-corrected chi connectivity index (χ2v) is 10.9. The number of aromatic nitrogens is 1. The zero-order valence-corrected chi connectivity index (χ0v) is 23.7. The van der Waals surface area contributed by atoms with Crippen molar-refractivity contribution in [3.05, 3.63) is 113 Å². The number of carbonyl (C=O) groups is 3. The van der Waals surface area contributed by atoms with Gasteiger partial charge in [0, 0.05) is 16.8 Å². The highest BCUT2D eigenvalue weighted by Gasteiger charge is 2.26. The number of nitrogens with two attached hydrogens (primary N) is 1. The number of benzene rings is 3. The van der Waals surface area contributed by atoms with Crippen LogP contribution in [0.4, 0.5) is 4.79 Å². The van der Waals surface area contributed by atoms with Gasteiger partial charge in [0.25, 0.3) is 0 Å². The SMILES string of the molecule is CC(C)(C)OC(=O)n1c(CCc2ccc3c(c2)OCO3)ccc1C(=O)c1ccc(OCc2cccc(C(N)=O)c2)cc1. The van der Waals surface area contributed by atoms with Crippen molar-refractivity contribution in [3.63, 3.8) is 0 Å². The number of rotatable bonds is 9. The van der Waals surface area contributed by atoms with E-state index in [9.17, 15) is 14.4 Å². The molecule has 1 aliphatic heterocycles. The first-order valence-electron chi connectivity index (χ1n) is 13.6. The molecule has 9 heteroatoms. The number of ketones is 1. The molecule has 1 aromatic heterocycles. The van der Waals surface area contributed by atoms with Gasteiger partial charge in [-0.3, -0.25) is 9.59 Å². The van der Waals surface area contributed by atoms with Crippen LogP contribution < -0.4 is 19.9 Å². The standard InChI is InChI=1S/C33H32N2O7/c1-33(2,3)42-32(38)35-25(11-7-21-8-16-28-29(18-21)41-20-40-28)12-15-27(35)30(36)23-9-13-26(14-10-23)39-19-22-5-4-6-24(17-22)31(34)37/h4-6,8-10,12-18H,7,11,19-20H2,1-3H3,(H2,34,37). The lowest BCUT2D eigenvalue weighted by molar-refractivity contribution is 0.0524. The Hall–Kier alpha value is -5.05. The highest BCUT2D eigenvalue weighted by molar-refractivity contribution is 6.09. The van der Waals surface area contributed by atoms with E-state index in [-0.39, 0.29) is 24.9 Å². The average molecular weight is 569 g/mol. The number of carbonyl (C=O) groups excluding carboxylic acids is 3. The Morgan fingerprint density at radius 1 is 0.833 bits per heavy atom. The van der Waals surface area contributed by atoms with Crippen LogP contribution in [0.25, 0.3) is 0 Å². The summed E-state index contributed by atoms with van der Waals surface area (Å²) in [4.78, 5) is 38.3. The third-order valence-corrected chi connectivity index (χ3v) is 6.61.